The molecule has 0 radical (unpaired) electrons. The van der Waals surface area contributed by atoms with Gasteiger partial charge in [-0.1, -0.05) is 0 Å². The molecular weight excluding hydrogens is 217 g/mol. The summed E-state index contributed by atoms with van der Waals surface area (Å²) in [7, 11) is 0. The third kappa shape index (κ3) is 1.85. The summed E-state index contributed by atoms with van der Waals surface area (Å²) in [5.74, 6) is 0.867. The van der Waals surface area contributed by atoms with E-state index in [4.69, 9.17) is 5.73 Å². The molecule has 1 fully saturated rings. The van der Waals surface area contributed by atoms with Gasteiger partial charge in [0.15, 0.2) is 0 Å². The van der Waals surface area contributed by atoms with Crippen molar-refractivity contribution in [2.24, 2.45) is 11.7 Å². The highest BCUT2D eigenvalue weighted by atomic mass is 19.1. The number of hydrogen-bond donors (Lipinski definition) is 2. The summed E-state index contributed by atoms with van der Waals surface area (Å²) in [6, 6.07) is 6.47. The van der Waals surface area contributed by atoms with Gasteiger partial charge < -0.3 is 5.73 Å². The Kier molecular flexibility index (Phi) is 2.44. The molecular formula is C13H14FN3. The molecule has 0 amide bonds. The number of aromatic nitrogens is 2. The zero-order chi connectivity index (χ0) is 11.8. The summed E-state index contributed by atoms with van der Waals surface area (Å²) in [5, 5.41) is 7.09. The topological polar surface area (TPSA) is 54.7 Å². The van der Waals surface area contributed by atoms with E-state index in [1.807, 2.05) is 6.20 Å². The van der Waals surface area contributed by atoms with Crippen molar-refractivity contribution in [2.45, 2.75) is 12.3 Å². The van der Waals surface area contributed by atoms with Crippen LogP contribution in [0.3, 0.4) is 0 Å². The van der Waals surface area contributed by atoms with Crippen LogP contribution in [0.5, 0.6) is 0 Å². The minimum Gasteiger partial charge on any atom is -0.330 e. The number of nitrogens with one attached hydrogen (secondary N) is 1. The van der Waals surface area contributed by atoms with Gasteiger partial charge in [-0.25, -0.2) is 4.39 Å². The Bertz CT molecular complexity index is 518. The number of benzene rings is 1. The summed E-state index contributed by atoms with van der Waals surface area (Å²) >= 11 is 0. The Morgan fingerprint density at radius 2 is 2.12 bits per heavy atom. The molecule has 4 heteroatoms. The maximum atomic E-state index is 12.9. The minimum atomic E-state index is -0.221. The highest BCUT2D eigenvalue weighted by Gasteiger charge is 2.39. The van der Waals surface area contributed by atoms with Gasteiger partial charge in [0, 0.05) is 11.1 Å². The van der Waals surface area contributed by atoms with E-state index < -0.39 is 0 Å². The second-order valence-corrected chi connectivity index (χ2v) is 4.55. The van der Waals surface area contributed by atoms with Crippen LogP contribution in [-0.2, 0) is 0 Å². The molecule has 1 heterocycles. The van der Waals surface area contributed by atoms with Crippen LogP contribution in [0.15, 0.2) is 30.5 Å². The smallest absolute Gasteiger partial charge is 0.123 e. The number of halogens is 1. The lowest BCUT2D eigenvalue weighted by atomic mass is 10.0. The number of H-pyrrole nitrogens is 1. The van der Waals surface area contributed by atoms with Gasteiger partial charge in [-0.05, 0) is 49.1 Å². The quantitative estimate of drug-likeness (QED) is 0.851. The summed E-state index contributed by atoms with van der Waals surface area (Å²) in [4.78, 5) is 0. The molecule has 3 rings (SSSR count). The van der Waals surface area contributed by atoms with Crippen molar-refractivity contribution in [3.63, 3.8) is 0 Å². The second kappa shape index (κ2) is 3.96. The van der Waals surface area contributed by atoms with Crippen LogP contribution >= 0.6 is 0 Å². The molecule has 0 bridgehead atoms. The molecule has 1 aliphatic rings. The number of nitrogens with zero attached hydrogens (tertiary/aromatic N) is 1. The molecule has 1 aromatic heterocycles. The molecule has 1 aromatic carbocycles. The third-order valence-corrected chi connectivity index (χ3v) is 3.43. The summed E-state index contributed by atoms with van der Waals surface area (Å²) in [6.45, 7) is 0.721. The van der Waals surface area contributed by atoms with Gasteiger partial charge in [0.1, 0.15) is 5.82 Å². The van der Waals surface area contributed by atoms with Crippen molar-refractivity contribution in [3.05, 3.63) is 41.8 Å². The number of rotatable bonds is 3. The predicted octanol–water partition coefficient (Wildman–Crippen LogP) is 2.28. The van der Waals surface area contributed by atoms with E-state index >= 15 is 0 Å². The Labute approximate surface area is 98.8 Å². The average molecular weight is 231 g/mol. The molecule has 2 aromatic rings. The van der Waals surface area contributed by atoms with Gasteiger partial charge in [0.05, 0.1) is 11.9 Å². The Hall–Kier alpha value is -1.68. The molecule has 17 heavy (non-hydrogen) atoms. The van der Waals surface area contributed by atoms with Crippen LogP contribution in [-0.4, -0.2) is 16.7 Å². The lowest BCUT2D eigenvalue weighted by molar-refractivity contribution is 0.628. The first-order valence-corrected chi connectivity index (χ1v) is 5.79. The summed E-state index contributed by atoms with van der Waals surface area (Å²) < 4.78 is 12.9. The molecule has 0 spiro atoms. The maximum Gasteiger partial charge on any atom is 0.123 e. The van der Waals surface area contributed by atoms with Gasteiger partial charge in [-0.3, -0.25) is 5.10 Å². The zero-order valence-corrected chi connectivity index (χ0v) is 9.36. The SMILES string of the molecule is NCC1CC1c1cn[nH]c1-c1ccc(F)cc1. The van der Waals surface area contributed by atoms with Crippen molar-refractivity contribution in [1.29, 1.82) is 0 Å². The highest BCUT2D eigenvalue weighted by molar-refractivity contribution is 5.64. The first-order valence-electron chi connectivity index (χ1n) is 5.79. The molecule has 1 saturated carbocycles. The van der Waals surface area contributed by atoms with Crippen LogP contribution in [0.2, 0.25) is 0 Å². The van der Waals surface area contributed by atoms with Crippen molar-refractivity contribution in [1.82, 2.24) is 10.2 Å². The van der Waals surface area contributed by atoms with Crippen molar-refractivity contribution in [3.8, 4) is 11.3 Å². The van der Waals surface area contributed by atoms with Crippen LogP contribution < -0.4 is 5.73 Å². The number of nitrogens with two attached hydrogens (primary N) is 1. The van der Waals surface area contributed by atoms with Crippen molar-refractivity contribution in [2.75, 3.05) is 6.54 Å². The van der Waals surface area contributed by atoms with Gasteiger partial charge >= 0.3 is 0 Å². The van der Waals surface area contributed by atoms with Crippen molar-refractivity contribution < 1.29 is 4.39 Å². The van der Waals surface area contributed by atoms with Gasteiger partial charge in [-0.15, -0.1) is 0 Å². The monoisotopic (exact) mass is 231 g/mol. The largest absolute Gasteiger partial charge is 0.330 e. The number of aromatic amines is 1. The fourth-order valence-electron chi connectivity index (χ4n) is 2.31. The van der Waals surface area contributed by atoms with Crippen molar-refractivity contribution >= 4 is 0 Å². The Morgan fingerprint density at radius 3 is 2.76 bits per heavy atom. The predicted molar refractivity (Wildman–Crippen MR) is 63.9 cm³/mol. The highest BCUT2D eigenvalue weighted by Crippen LogP contribution is 2.49. The minimum absolute atomic E-state index is 0.221. The summed E-state index contributed by atoms with van der Waals surface area (Å²) in [6.07, 6.45) is 2.99. The lowest BCUT2D eigenvalue weighted by Crippen LogP contribution is -2.02. The lowest BCUT2D eigenvalue weighted by Gasteiger charge is -2.02. The molecule has 0 saturated heterocycles. The van der Waals surface area contributed by atoms with Crippen LogP contribution in [0.25, 0.3) is 11.3 Å². The van der Waals surface area contributed by atoms with E-state index in [1.54, 1.807) is 12.1 Å². The molecule has 3 nitrogen and oxygen atoms in total. The molecule has 1 aliphatic carbocycles. The van der Waals surface area contributed by atoms with Gasteiger partial charge in [-0.2, -0.15) is 5.10 Å². The van der Waals surface area contributed by atoms with E-state index in [0.717, 1.165) is 24.2 Å². The standard InChI is InChI=1S/C13H14FN3/c14-10-3-1-8(2-4-10)13-12(7-16-17-13)11-5-9(11)6-15/h1-4,7,9,11H,5-6,15H2,(H,16,17). The Balaban J connectivity index is 1.94. The average Bonchev–Trinajstić information content (AvgIpc) is 2.98. The van der Waals surface area contributed by atoms with E-state index in [9.17, 15) is 4.39 Å². The maximum absolute atomic E-state index is 12.9. The number of hydrogen-bond acceptors (Lipinski definition) is 2. The normalized spacial score (nSPS) is 22.7. The zero-order valence-electron chi connectivity index (χ0n) is 9.36. The van der Waals surface area contributed by atoms with Crippen LogP contribution in [0.1, 0.15) is 17.9 Å². The second-order valence-electron chi connectivity index (χ2n) is 4.55. The fourth-order valence-corrected chi connectivity index (χ4v) is 2.31. The Morgan fingerprint density at radius 1 is 1.35 bits per heavy atom. The molecule has 3 N–H and O–H groups in total. The molecule has 88 valence electrons. The first kappa shape index (κ1) is 10.5. The fraction of sp³-hybridized carbons (Fsp3) is 0.308. The molecule has 2 atom stereocenters. The first-order chi connectivity index (χ1) is 8.29. The summed E-state index contributed by atoms with van der Waals surface area (Å²) in [5.41, 5.74) is 8.82. The van der Waals surface area contributed by atoms with Crippen LogP contribution in [0.4, 0.5) is 4.39 Å². The molecule has 0 aliphatic heterocycles. The van der Waals surface area contributed by atoms with Crippen LogP contribution in [0, 0.1) is 11.7 Å². The molecule has 2 unspecified atom stereocenters. The van der Waals surface area contributed by atoms with E-state index in [0.29, 0.717) is 11.8 Å². The van der Waals surface area contributed by atoms with E-state index in [1.165, 1.54) is 17.7 Å². The van der Waals surface area contributed by atoms with Gasteiger partial charge in [0.25, 0.3) is 0 Å². The van der Waals surface area contributed by atoms with Gasteiger partial charge in [0.2, 0.25) is 0 Å². The third-order valence-electron chi connectivity index (χ3n) is 3.43. The van der Waals surface area contributed by atoms with E-state index in [2.05, 4.69) is 10.2 Å². The van der Waals surface area contributed by atoms with E-state index in [-0.39, 0.29) is 5.82 Å².